The molecule has 44 heavy (non-hydrogen) atoms. The first kappa shape index (κ1) is 42.9. The molecule has 0 aromatic heterocycles. The molecule has 0 heterocycles. The van der Waals surface area contributed by atoms with E-state index in [2.05, 4.69) is 20.8 Å². The molecule has 0 aromatic rings. The Morgan fingerprint density at radius 2 is 0.727 bits per heavy atom. The maximum atomic E-state index is 12.0. The van der Waals surface area contributed by atoms with Crippen LogP contribution in [-0.4, -0.2) is 36.4 Å². The number of ether oxygens (including phenoxy) is 2. The first-order valence-corrected chi connectivity index (χ1v) is 19.4. The van der Waals surface area contributed by atoms with Gasteiger partial charge >= 0.3 is 11.9 Å². The van der Waals surface area contributed by atoms with Gasteiger partial charge in [-0.3, -0.25) is 9.59 Å². The number of esters is 2. The van der Waals surface area contributed by atoms with Crippen molar-refractivity contribution in [1.29, 1.82) is 0 Å². The van der Waals surface area contributed by atoms with E-state index < -0.39 is 6.10 Å². The number of hydrogen-bond acceptors (Lipinski definition) is 5. The molecule has 0 spiro atoms. The van der Waals surface area contributed by atoms with Crippen LogP contribution in [0.5, 0.6) is 0 Å². The van der Waals surface area contributed by atoms with Crippen LogP contribution in [0.15, 0.2) is 0 Å². The highest BCUT2D eigenvalue weighted by Gasteiger charge is 2.12. The molecule has 0 unspecified atom stereocenters. The average Bonchev–Trinajstić information content (AvgIpc) is 3.00. The molecule has 0 amide bonds. The summed E-state index contributed by atoms with van der Waals surface area (Å²) in [6, 6.07) is 0. The lowest BCUT2D eigenvalue weighted by Crippen LogP contribution is -2.25. The second kappa shape index (κ2) is 34.8. The summed E-state index contributed by atoms with van der Waals surface area (Å²) in [6.45, 7) is 6.67. The Morgan fingerprint density at radius 3 is 1.02 bits per heavy atom. The lowest BCUT2D eigenvalue weighted by Gasteiger charge is -2.12. The summed E-state index contributed by atoms with van der Waals surface area (Å²) in [4.78, 5) is 23.9. The lowest BCUT2D eigenvalue weighted by molar-refractivity contribution is -0.152. The Bertz CT molecular complexity index is 605. The molecule has 0 saturated heterocycles. The van der Waals surface area contributed by atoms with Gasteiger partial charge in [-0.2, -0.15) is 0 Å². The summed E-state index contributed by atoms with van der Waals surface area (Å²) in [5.74, 6) is 0.306. The minimum Gasteiger partial charge on any atom is -0.463 e. The number of carbonyl (C=O) groups excluding carboxylic acids is 2. The first-order chi connectivity index (χ1) is 21.5. The molecule has 0 fully saturated rings. The van der Waals surface area contributed by atoms with Crippen LogP contribution < -0.4 is 0 Å². The molecule has 5 nitrogen and oxygen atoms in total. The van der Waals surface area contributed by atoms with E-state index in [0.717, 1.165) is 31.6 Å². The third kappa shape index (κ3) is 35.4. The smallest absolute Gasteiger partial charge is 0.305 e. The quantitative estimate of drug-likeness (QED) is 0.0561. The highest BCUT2D eigenvalue weighted by Crippen LogP contribution is 2.16. The third-order valence-electron chi connectivity index (χ3n) is 8.77. The van der Waals surface area contributed by atoms with Gasteiger partial charge in [-0.15, -0.1) is 0 Å². The van der Waals surface area contributed by atoms with Gasteiger partial charge in [0.25, 0.3) is 0 Å². The minimum absolute atomic E-state index is 0.108. The summed E-state index contributed by atoms with van der Waals surface area (Å²) in [5.41, 5.74) is 0. The van der Waals surface area contributed by atoms with Crippen LogP contribution in [0.2, 0.25) is 0 Å². The fraction of sp³-hybridized carbons (Fsp3) is 0.949. The van der Waals surface area contributed by atoms with Crippen molar-refractivity contribution in [2.75, 3.05) is 13.2 Å². The number of rotatable bonds is 35. The summed E-state index contributed by atoms with van der Waals surface area (Å²) in [7, 11) is 0. The standard InChI is InChI=1S/C39H76O5/c1-4-5-6-7-8-9-16-20-23-26-29-32-38(41)43-34-37(40)35-44-39(42)33-30-27-24-21-18-15-13-11-10-12-14-17-19-22-25-28-31-36(2)3/h36-37,40H,4-35H2,1-3H3/t37-/m0/s1. The Kier molecular flexibility index (Phi) is 33.9. The van der Waals surface area contributed by atoms with E-state index in [1.54, 1.807) is 0 Å². The van der Waals surface area contributed by atoms with Crippen molar-refractivity contribution in [3.63, 3.8) is 0 Å². The van der Waals surface area contributed by atoms with Gasteiger partial charge in [-0.25, -0.2) is 0 Å². The van der Waals surface area contributed by atoms with Gasteiger partial charge in [-0.05, 0) is 18.8 Å². The first-order valence-electron chi connectivity index (χ1n) is 19.4. The average molecular weight is 625 g/mol. The largest absolute Gasteiger partial charge is 0.463 e. The summed E-state index contributed by atoms with van der Waals surface area (Å²) < 4.78 is 10.3. The molecule has 0 radical (unpaired) electrons. The van der Waals surface area contributed by atoms with Gasteiger partial charge in [0.05, 0.1) is 0 Å². The highest BCUT2D eigenvalue weighted by atomic mass is 16.6. The molecule has 0 aliphatic carbocycles. The molecule has 0 rings (SSSR count). The third-order valence-corrected chi connectivity index (χ3v) is 8.77. The van der Waals surface area contributed by atoms with Crippen LogP contribution in [0.25, 0.3) is 0 Å². The van der Waals surface area contributed by atoms with Gasteiger partial charge in [0.15, 0.2) is 0 Å². The maximum Gasteiger partial charge on any atom is 0.305 e. The van der Waals surface area contributed by atoms with Crippen LogP contribution in [0.1, 0.15) is 213 Å². The van der Waals surface area contributed by atoms with Crippen molar-refractivity contribution in [3.8, 4) is 0 Å². The number of carbonyl (C=O) groups is 2. The van der Waals surface area contributed by atoms with Crippen molar-refractivity contribution in [1.82, 2.24) is 0 Å². The summed E-state index contributed by atoms with van der Waals surface area (Å²) in [5, 5.41) is 9.99. The number of unbranched alkanes of at least 4 members (excludes halogenated alkanes) is 25. The second-order valence-corrected chi connectivity index (χ2v) is 13.9. The van der Waals surface area contributed by atoms with E-state index in [1.807, 2.05) is 0 Å². The van der Waals surface area contributed by atoms with Crippen LogP contribution in [0.4, 0.5) is 0 Å². The van der Waals surface area contributed by atoms with E-state index >= 15 is 0 Å². The van der Waals surface area contributed by atoms with Gasteiger partial charge in [0, 0.05) is 12.8 Å². The molecule has 0 saturated carbocycles. The summed E-state index contributed by atoms with van der Waals surface area (Å²) in [6.07, 6.45) is 35.9. The monoisotopic (exact) mass is 625 g/mol. The van der Waals surface area contributed by atoms with Crippen LogP contribution >= 0.6 is 0 Å². The van der Waals surface area contributed by atoms with Crippen LogP contribution in [-0.2, 0) is 19.1 Å². The molecule has 0 bridgehead atoms. The fourth-order valence-corrected chi connectivity index (χ4v) is 5.80. The lowest BCUT2D eigenvalue weighted by atomic mass is 10.0. The SMILES string of the molecule is CCCCCCCCCCCCCC(=O)OC[C@H](O)COC(=O)CCCCCCCCCCCCCCCCCCC(C)C. The summed E-state index contributed by atoms with van der Waals surface area (Å²) >= 11 is 0. The fourth-order valence-electron chi connectivity index (χ4n) is 5.80. The molecule has 5 heteroatoms. The van der Waals surface area contributed by atoms with Crippen LogP contribution in [0, 0.1) is 5.92 Å². The van der Waals surface area contributed by atoms with Crippen LogP contribution in [0.3, 0.4) is 0 Å². The Morgan fingerprint density at radius 1 is 0.455 bits per heavy atom. The highest BCUT2D eigenvalue weighted by molar-refractivity contribution is 5.69. The molecular formula is C39H76O5. The second-order valence-electron chi connectivity index (χ2n) is 13.9. The molecule has 0 aliphatic rings. The topological polar surface area (TPSA) is 72.8 Å². The predicted molar refractivity (Wildman–Crippen MR) is 187 cm³/mol. The zero-order valence-corrected chi connectivity index (χ0v) is 29.9. The minimum atomic E-state index is -0.954. The Balaban J connectivity index is 3.36. The van der Waals surface area contributed by atoms with Gasteiger partial charge in [0.1, 0.15) is 19.3 Å². The molecule has 1 atom stereocenters. The number of aliphatic hydroxyl groups excluding tert-OH is 1. The molecular weight excluding hydrogens is 548 g/mol. The van der Waals surface area contributed by atoms with Crippen molar-refractivity contribution < 1.29 is 24.2 Å². The van der Waals surface area contributed by atoms with Crippen molar-refractivity contribution in [2.24, 2.45) is 5.92 Å². The van der Waals surface area contributed by atoms with Crippen molar-refractivity contribution in [2.45, 2.75) is 219 Å². The molecule has 0 aliphatic heterocycles. The van der Waals surface area contributed by atoms with Gasteiger partial charge < -0.3 is 14.6 Å². The Hall–Kier alpha value is -1.10. The van der Waals surface area contributed by atoms with E-state index in [0.29, 0.717) is 12.8 Å². The van der Waals surface area contributed by atoms with Gasteiger partial charge in [0.2, 0.25) is 0 Å². The molecule has 0 aromatic carbocycles. The van der Waals surface area contributed by atoms with E-state index in [1.165, 1.54) is 154 Å². The molecule has 1 N–H and O–H groups in total. The zero-order valence-electron chi connectivity index (χ0n) is 29.9. The van der Waals surface area contributed by atoms with Gasteiger partial charge in [-0.1, -0.05) is 188 Å². The van der Waals surface area contributed by atoms with E-state index in [-0.39, 0.29) is 25.2 Å². The maximum absolute atomic E-state index is 12.0. The number of hydrogen-bond donors (Lipinski definition) is 1. The van der Waals surface area contributed by atoms with E-state index in [4.69, 9.17) is 9.47 Å². The normalized spacial score (nSPS) is 12.1. The zero-order chi connectivity index (χ0) is 32.4. The van der Waals surface area contributed by atoms with Crippen molar-refractivity contribution >= 4 is 11.9 Å². The Labute approximate surface area is 274 Å². The predicted octanol–water partition coefficient (Wildman–Crippen LogP) is 11.8. The van der Waals surface area contributed by atoms with Crippen molar-refractivity contribution in [3.05, 3.63) is 0 Å². The van der Waals surface area contributed by atoms with E-state index in [9.17, 15) is 14.7 Å². The number of aliphatic hydroxyl groups is 1. The molecule has 262 valence electrons.